The van der Waals surface area contributed by atoms with E-state index >= 15 is 0 Å². The van der Waals surface area contributed by atoms with Crippen LogP contribution in [0.2, 0.25) is 0 Å². The van der Waals surface area contributed by atoms with Crippen LogP contribution in [0.3, 0.4) is 0 Å². The second-order valence-electron chi connectivity index (χ2n) is 7.43. The van der Waals surface area contributed by atoms with Crippen molar-refractivity contribution < 1.29 is 9.53 Å². The van der Waals surface area contributed by atoms with Gasteiger partial charge in [-0.2, -0.15) is 0 Å². The van der Waals surface area contributed by atoms with E-state index in [2.05, 4.69) is 24.1 Å². The topological polar surface area (TPSA) is 41.6 Å². The van der Waals surface area contributed by atoms with Crippen molar-refractivity contribution in [1.82, 2.24) is 10.2 Å². The second kappa shape index (κ2) is 6.66. The zero-order valence-corrected chi connectivity index (χ0v) is 13.5. The number of amides is 1. The van der Waals surface area contributed by atoms with Crippen LogP contribution in [-0.2, 0) is 9.53 Å². The normalized spacial score (nSPS) is 32.5. The zero-order chi connectivity index (χ0) is 14.8. The third kappa shape index (κ3) is 3.26. The maximum absolute atomic E-state index is 12.9. The minimum absolute atomic E-state index is 0.0402. The van der Waals surface area contributed by atoms with Crippen LogP contribution in [0.15, 0.2) is 0 Å². The fourth-order valence-electron chi connectivity index (χ4n) is 4.32. The highest BCUT2D eigenvalue weighted by atomic mass is 16.5. The van der Waals surface area contributed by atoms with Crippen molar-refractivity contribution in [1.29, 1.82) is 0 Å². The molecule has 2 heterocycles. The molecule has 120 valence electrons. The summed E-state index contributed by atoms with van der Waals surface area (Å²) in [6.07, 6.45) is 8.46. The SMILES string of the molecule is CC(C)CC1NC(C2CCCC2)N(C2CCOCC2)C1=O. The van der Waals surface area contributed by atoms with E-state index in [0.29, 0.717) is 23.8 Å². The maximum Gasteiger partial charge on any atom is 0.241 e. The molecule has 1 amide bonds. The Morgan fingerprint density at radius 2 is 1.86 bits per heavy atom. The third-order valence-electron chi connectivity index (χ3n) is 5.36. The summed E-state index contributed by atoms with van der Waals surface area (Å²) in [4.78, 5) is 15.2. The number of carbonyl (C=O) groups is 1. The molecule has 2 atom stereocenters. The number of rotatable bonds is 4. The molecule has 2 saturated heterocycles. The van der Waals surface area contributed by atoms with Crippen LogP contribution in [0.1, 0.15) is 58.8 Å². The zero-order valence-electron chi connectivity index (χ0n) is 13.5. The Balaban J connectivity index is 1.75. The summed E-state index contributed by atoms with van der Waals surface area (Å²) < 4.78 is 5.49. The fraction of sp³-hybridized carbons (Fsp3) is 0.941. The van der Waals surface area contributed by atoms with Gasteiger partial charge in [-0.1, -0.05) is 26.7 Å². The van der Waals surface area contributed by atoms with E-state index in [1.54, 1.807) is 0 Å². The minimum atomic E-state index is 0.0402. The predicted molar refractivity (Wildman–Crippen MR) is 82.8 cm³/mol. The van der Waals surface area contributed by atoms with E-state index in [1.165, 1.54) is 25.7 Å². The lowest BCUT2D eigenvalue weighted by atomic mass is 10.00. The van der Waals surface area contributed by atoms with Gasteiger partial charge in [-0.3, -0.25) is 10.1 Å². The summed E-state index contributed by atoms with van der Waals surface area (Å²) in [6.45, 7) is 6.02. The smallest absolute Gasteiger partial charge is 0.241 e. The van der Waals surface area contributed by atoms with Crippen LogP contribution in [-0.4, -0.2) is 42.3 Å². The Hall–Kier alpha value is -0.610. The first-order valence-corrected chi connectivity index (χ1v) is 8.83. The first kappa shape index (κ1) is 15.3. The molecule has 3 aliphatic rings. The molecule has 2 unspecified atom stereocenters. The number of nitrogens with one attached hydrogen (secondary N) is 1. The highest BCUT2D eigenvalue weighted by molar-refractivity contribution is 5.84. The van der Waals surface area contributed by atoms with Crippen LogP contribution >= 0.6 is 0 Å². The first-order chi connectivity index (χ1) is 10.2. The van der Waals surface area contributed by atoms with Crippen molar-refractivity contribution in [3.63, 3.8) is 0 Å². The minimum Gasteiger partial charge on any atom is -0.381 e. The van der Waals surface area contributed by atoms with Crippen molar-refractivity contribution in [2.45, 2.75) is 77.0 Å². The van der Waals surface area contributed by atoms with Gasteiger partial charge in [0.15, 0.2) is 0 Å². The Labute approximate surface area is 128 Å². The first-order valence-electron chi connectivity index (χ1n) is 8.83. The molecule has 0 radical (unpaired) electrons. The largest absolute Gasteiger partial charge is 0.381 e. The third-order valence-corrected chi connectivity index (χ3v) is 5.36. The standard InChI is InChI=1S/C17H30N2O2/c1-12(2)11-15-17(20)19(14-7-9-21-10-8-14)16(18-15)13-5-3-4-6-13/h12-16,18H,3-11H2,1-2H3. The van der Waals surface area contributed by atoms with Gasteiger partial charge in [-0.15, -0.1) is 0 Å². The Morgan fingerprint density at radius 1 is 1.19 bits per heavy atom. The van der Waals surface area contributed by atoms with Crippen LogP contribution in [0.5, 0.6) is 0 Å². The molecule has 0 aromatic carbocycles. The van der Waals surface area contributed by atoms with Crippen molar-refractivity contribution in [3.8, 4) is 0 Å². The second-order valence-corrected chi connectivity index (χ2v) is 7.43. The molecule has 0 aromatic heterocycles. The van der Waals surface area contributed by atoms with E-state index in [9.17, 15) is 4.79 Å². The van der Waals surface area contributed by atoms with E-state index in [0.717, 1.165) is 32.5 Å². The molecule has 3 fully saturated rings. The van der Waals surface area contributed by atoms with Gasteiger partial charge < -0.3 is 9.64 Å². The molecule has 0 spiro atoms. The average Bonchev–Trinajstić information content (AvgIpc) is 3.08. The number of ether oxygens (including phenoxy) is 1. The molecule has 1 saturated carbocycles. The summed E-state index contributed by atoms with van der Waals surface area (Å²) in [5.41, 5.74) is 0. The van der Waals surface area contributed by atoms with Crippen molar-refractivity contribution in [3.05, 3.63) is 0 Å². The van der Waals surface area contributed by atoms with Gasteiger partial charge in [0.1, 0.15) is 0 Å². The van der Waals surface area contributed by atoms with E-state index in [4.69, 9.17) is 4.74 Å². The lowest BCUT2D eigenvalue weighted by Crippen LogP contribution is -2.49. The fourth-order valence-corrected chi connectivity index (χ4v) is 4.32. The average molecular weight is 294 g/mol. The van der Waals surface area contributed by atoms with E-state index < -0.39 is 0 Å². The van der Waals surface area contributed by atoms with Gasteiger partial charge >= 0.3 is 0 Å². The molecule has 4 nitrogen and oxygen atoms in total. The number of hydrogen-bond donors (Lipinski definition) is 1. The summed E-state index contributed by atoms with van der Waals surface area (Å²) in [6, 6.07) is 0.431. The summed E-state index contributed by atoms with van der Waals surface area (Å²) >= 11 is 0. The van der Waals surface area contributed by atoms with Crippen molar-refractivity contribution in [2.75, 3.05) is 13.2 Å². The highest BCUT2D eigenvalue weighted by Gasteiger charge is 2.46. The molecule has 1 N–H and O–H groups in total. The summed E-state index contributed by atoms with van der Waals surface area (Å²) in [7, 11) is 0. The van der Waals surface area contributed by atoms with E-state index in [-0.39, 0.29) is 12.2 Å². The van der Waals surface area contributed by atoms with Gasteiger partial charge in [0.25, 0.3) is 0 Å². The molecule has 0 aromatic rings. The number of nitrogens with zero attached hydrogens (tertiary/aromatic N) is 1. The molecule has 1 aliphatic carbocycles. The van der Waals surface area contributed by atoms with Gasteiger partial charge in [0.05, 0.1) is 12.2 Å². The van der Waals surface area contributed by atoms with Gasteiger partial charge in [0, 0.05) is 19.3 Å². The van der Waals surface area contributed by atoms with Gasteiger partial charge in [0.2, 0.25) is 5.91 Å². The highest BCUT2D eigenvalue weighted by Crippen LogP contribution is 2.35. The van der Waals surface area contributed by atoms with Crippen LogP contribution in [0, 0.1) is 11.8 Å². The molecule has 2 aliphatic heterocycles. The Morgan fingerprint density at radius 3 is 2.48 bits per heavy atom. The molecular formula is C17H30N2O2. The predicted octanol–water partition coefficient (Wildman–Crippen LogP) is 2.53. The van der Waals surface area contributed by atoms with Crippen LogP contribution < -0.4 is 5.32 Å². The Kier molecular flexibility index (Phi) is 4.85. The molecular weight excluding hydrogens is 264 g/mol. The van der Waals surface area contributed by atoms with Crippen LogP contribution in [0.25, 0.3) is 0 Å². The lowest BCUT2D eigenvalue weighted by Gasteiger charge is -2.37. The molecule has 3 rings (SSSR count). The number of hydrogen-bond acceptors (Lipinski definition) is 3. The Bertz CT molecular complexity index is 360. The molecule has 0 bridgehead atoms. The number of carbonyl (C=O) groups excluding carboxylic acids is 1. The summed E-state index contributed by atoms with van der Waals surface area (Å²) in [5.74, 6) is 1.58. The molecule has 21 heavy (non-hydrogen) atoms. The van der Waals surface area contributed by atoms with Gasteiger partial charge in [-0.05, 0) is 43.9 Å². The van der Waals surface area contributed by atoms with E-state index in [1.807, 2.05) is 0 Å². The van der Waals surface area contributed by atoms with Crippen molar-refractivity contribution >= 4 is 5.91 Å². The van der Waals surface area contributed by atoms with Gasteiger partial charge in [-0.25, -0.2) is 0 Å². The maximum atomic E-state index is 12.9. The summed E-state index contributed by atoms with van der Waals surface area (Å²) in [5, 5.41) is 3.70. The molecule has 4 heteroatoms. The van der Waals surface area contributed by atoms with Crippen LogP contribution in [0.4, 0.5) is 0 Å². The monoisotopic (exact) mass is 294 g/mol. The lowest BCUT2D eigenvalue weighted by molar-refractivity contribution is -0.135. The quantitative estimate of drug-likeness (QED) is 0.866. The van der Waals surface area contributed by atoms with Crippen molar-refractivity contribution in [2.24, 2.45) is 11.8 Å².